The molecule has 102 valence electrons. The normalized spacial score (nSPS) is 13.7. The third kappa shape index (κ3) is 3.08. The first kappa shape index (κ1) is 13.3. The molecule has 3 nitrogen and oxygen atoms in total. The van der Waals surface area contributed by atoms with Crippen molar-refractivity contribution in [3.8, 4) is 0 Å². The second kappa shape index (κ2) is 5.77. The number of aryl methyl sites for hydroxylation is 2. The Kier molecular flexibility index (Phi) is 3.85. The van der Waals surface area contributed by atoms with E-state index < -0.39 is 0 Å². The number of carbonyl (C=O) groups excluding carboxylic acids is 1. The average Bonchev–Trinajstić information content (AvgIpc) is 2.99. The van der Waals surface area contributed by atoms with Crippen molar-refractivity contribution < 1.29 is 4.79 Å². The lowest BCUT2D eigenvalue weighted by Gasteiger charge is -1.97. The summed E-state index contributed by atoms with van der Waals surface area (Å²) in [6.07, 6.45) is 6.56. The lowest BCUT2D eigenvalue weighted by atomic mass is 10.2. The highest BCUT2D eigenvalue weighted by Crippen LogP contribution is 2.30. The number of hydrogen-bond donors (Lipinski definition) is 1. The van der Waals surface area contributed by atoms with Crippen LogP contribution in [0, 0.1) is 0 Å². The summed E-state index contributed by atoms with van der Waals surface area (Å²) in [4.78, 5) is 17.6. The van der Waals surface area contributed by atoms with Gasteiger partial charge in [0.2, 0.25) is 5.91 Å². The van der Waals surface area contributed by atoms with Gasteiger partial charge in [-0.3, -0.25) is 10.1 Å². The molecule has 0 fully saturated rings. The van der Waals surface area contributed by atoms with E-state index in [0.29, 0.717) is 10.2 Å². The zero-order valence-electron chi connectivity index (χ0n) is 10.7. The lowest BCUT2D eigenvalue weighted by Crippen LogP contribution is -2.07. The maximum absolute atomic E-state index is 11.8. The van der Waals surface area contributed by atoms with E-state index in [1.807, 2.05) is 12.1 Å². The van der Waals surface area contributed by atoms with Gasteiger partial charge in [-0.05, 0) is 43.0 Å². The van der Waals surface area contributed by atoms with E-state index in [0.717, 1.165) is 24.1 Å². The summed E-state index contributed by atoms with van der Waals surface area (Å²) >= 11 is 7.39. The van der Waals surface area contributed by atoms with E-state index >= 15 is 0 Å². The number of nitrogens with zero attached hydrogens (tertiary/aromatic N) is 1. The molecular formula is C15H13ClN2OS. The van der Waals surface area contributed by atoms with Gasteiger partial charge in [0.1, 0.15) is 0 Å². The number of carbonyl (C=O) groups is 1. The number of benzene rings is 1. The number of aromatic nitrogens is 1. The summed E-state index contributed by atoms with van der Waals surface area (Å²) in [5.74, 6) is -0.160. The molecule has 0 radical (unpaired) electrons. The molecule has 2 aromatic rings. The molecule has 0 saturated heterocycles. The van der Waals surface area contributed by atoms with Crippen LogP contribution in [-0.2, 0) is 17.6 Å². The molecule has 20 heavy (non-hydrogen) atoms. The molecule has 1 N–H and O–H groups in total. The first-order chi connectivity index (χ1) is 9.70. The number of rotatable bonds is 3. The molecule has 0 saturated carbocycles. The summed E-state index contributed by atoms with van der Waals surface area (Å²) in [5.41, 5.74) is 2.08. The van der Waals surface area contributed by atoms with Gasteiger partial charge in [-0.1, -0.05) is 23.7 Å². The first-order valence-corrected chi connectivity index (χ1v) is 7.63. The molecule has 1 amide bonds. The van der Waals surface area contributed by atoms with Crippen molar-refractivity contribution in [2.45, 2.75) is 19.3 Å². The second-order valence-corrected chi connectivity index (χ2v) is 6.14. The average molecular weight is 305 g/mol. The van der Waals surface area contributed by atoms with Gasteiger partial charge in [-0.25, -0.2) is 4.98 Å². The maximum atomic E-state index is 11.8. The number of amides is 1. The molecule has 0 aliphatic heterocycles. The van der Waals surface area contributed by atoms with Crippen molar-refractivity contribution in [3.05, 3.63) is 51.5 Å². The molecule has 1 aliphatic rings. The van der Waals surface area contributed by atoms with Crippen LogP contribution < -0.4 is 5.32 Å². The molecule has 1 aromatic carbocycles. The van der Waals surface area contributed by atoms with Crippen molar-refractivity contribution in [1.29, 1.82) is 0 Å². The Bertz CT molecular complexity index is 640. The van der Waals surface area contributed by atoms with Gasteiger partial charge in [0.05, 0.1) is 5.69 Å². The topological polar surface area (TPSA) is 42.0 Å². The summed E-state index contributed by atoms with van der Waals surface area (Å²) in [6, 6.07) is 7.32. The molecule has 0 atom stereocenters. The molecule has 1 aromatic heterocycles. The summed E-state index contributed by atoms with van der Waals surface area (Å²) < 4.78 is 0. The Labute approximate surface area is 126 Å². The van der Waals surface area contributed by atoms with Gasteiger partial charge in [-0.2, -0.15) is 0 Å². The summed E-state index contributed by atoms with van der Waals surface area (Å²) in [5, 5.41) is 4.19. The van der Waals surface area contributed by atoms with Crippen molar-refractivity contribution >= 4 is 40.1 Å². The van der Waals surface area contributed by atoms with E-state index in [9.17, 15) is 4.79 Å². The van der Waals surface area contributed by atoms with E-state index in [1.54, 1.807) is 29.5 Å². The molecule has 5 heteroatoms. The number of halogens is 1. The second-order valence-electron chi connectivity index (χ2n) is 4.62. The number of hydrogen-bond acceptors (Lipinski definition) is 3. The van der Waals surface area contributed by atoms with E-state index in [4.69, 9.17) is 11.6 Å². The van der Waals surface area contributed by atoms with Crippen LogP contribution in [0.3, 0.4) is 0 Å². The highest BCUT2D eigenvalue weighted by atomic mass is 35.5. The molecule has 0 bridgehead atoms. The zero-order chi connectivity index (χ0) is 13.9. The molecule has 0 unspecified atom stereocenters. The van der Waals surface area contributed by atoms with Crippen molar-refractivity contribution in [3.63, 3.8) is 0 Å². The minimum Gasteiger partial charge on any atom is -0.298 e. The number of thiazole rings is 1. The minimum atomic E-state index is -0.160. The molecule has 0 spiro atoms. The summed E-state index contributed by atoms with van der Waals surface area (Å²) in [6.45, 7) is 0. The number of fused-ring (bicyclic) bond motifs is 1. The quantitative estimate of drug-likeness (QED) is 0.873. The van der Waals surface area contributed by atoms with Gasteiger partial charge in [0.25, 0.3) is 0 Å². The molecule has 3 rings (SSSR count). The van der Waals surface area contributed by atoms with Crippen molar-refractivity contribution in [2.24, 2.45) is 0 Å². The van der Waals surface area contributed by atoms with Crippen LogP contribution >= 0.6 is 22.9 Å². The third-order valence-corrected chi connectivity index (χ3v) is 4.45. The standard InChI is InChI=1S/C15H13ClN2OS/c16-11-7-4-10(5-8-11)6-9-14(19)18-15-17-12-2-1-3-13(12)20-15/h4-9H,1-3H2,(H,17,18,19). The Morgan fingerprint density at radius 3 is 2.85 bits per heavy atom. The number of nitrogens with one attached hydrogen (secondary N) is 1. The van der Waals surface area contributed by atoms with Crippen LogP contribution in [0.25, 0.3) is 6.08 Å². The smallest absolute Gasteiger partial charge is 0.250 e. The van der Waals surface area contributed by atoms with Crippen LogP contribution in [0.15, 0.2) is 30.3 Å². The maximum Gasteiger partial charge on any atom is 0.250 e. The van der Waals surface area contributed by atoms with Crippen molar-refractivity contribution in [1.82, 2.24) is 4.98 Å². The van der Waals surface area contributed by atoms with Gasteiger partial charge >= 0.3 is 0 Å². The van der Waals surface area contributed by atoms with Crippen LogP contribution in [0.2, 0.25) is 5.02 Å². The predicted octanol–water partition coefficient (Wildman–Crippen LogP) is 3.94. The fraction of sp³-hybridized carbons (Fsp3) is 0.200. The van der Waals surface area contributed by atoms with Gasteiger partial charge in [-0.15, -0.1) is 11.3 Å². The Morgan fingerprint density at radius 2 is 2.10 bits per heavy atom. The van der Waals surface area contributed by atoms with Crippen LogP contribution in [-0.4, -0.2) is 10.9 Å². The fourth-order valence-electron chi connectivity index (χ4n) is 2.14. The van der Waals surface area contributed by atoms with Gasteiger partial charge in [0.15, 0.2) is 5.13 Å². The lowest BCUT2D eigenvalue weighted by molar-refractivity contribution is -0.111. The predicted molar refractivity (Wildman–Crippen MR) is 83.3 cm³/mol. The van der Waals surface area contributed by atoms with E-state index in [2.05, 4.69) is 10.3 Å². The minimum absolute atomic E-state index is 0.160. The summed E-state index contributed by atoms with van der Waals surface area (Å²) in [7, 11) is 0. The Morgan fingerprint density at radius 1 is 1.30 bits per heavy atom. The highest BCUT2D eigenvalue weighted by molar-refractivity contribution is 7.15. The van der Waals surface area contributed by atoms with Crippen molar-refractivity contribution in [2.75, 3.05) is 5.32 Å². The SMILES string of the molecule is O=C(C=Cc1ccc(Cl)cc1)Nc1nc2c(s1)CCC2. The van der Waals surface area contributed by atoms with Gasteiger partial charge in [0, 0.05) is 16.0 Å². The molecule has 1 heterocycles. The monoisotopic (exact) mass is 304 g/mol. The van der Waals surface area contributed by atoms with Crippen LogP contribution in [0.4, 0.5) is 5.13 Å². The Hall–Kier alpha value is -1.65. The largest absolute Gasteiger partial charge is 0.298 e. The fourth-order valence-corrected chi connectivity index (χ4v) is 3.32. The third-order valence-electron chi connectivity index (χ3n) is 3.12. The molecule has 1 aliphatic carbocycles. The van der Waals surface area contributed by atoms with E-state index in [1.165, 1.54) is 17.4 Å². The number of anilines is 1. The van der Waals surface area contributed by atoms with Crippen LogP contribution in [0.1, 0.15) is 22.6 Å². The highest BCUT2D eigenvalue weighted by Gasteiger charge is 2.17. The molecular weight excluding hydrogens is 292 g/mol. The Balaban J connectivity index is 1.62. The van der Waals surface area contributed by atoms with Gasteiger partial charge < -0.3 is 0 Å². The zero-order valence-corrected chi connectivity index (χ0v) is 12.3. The van der Waals surface area contributed by atoms with Crippen LogP contribution in [0.5, 0.6) is 0 Å². The first-order valence-electron chi connectivity index (χ1n) is 6.44. The van der Waals surface area contributed by atoms with E-state index in [-0.39, 0.29) is 5.91 Å².